The largest absolute Gasteiger partial charge is 0.378 e. The van der Waals surface area contributed by atoms with Crippen LogP contribution in [-0.2, 0) is 4.74 Å². The van der Waals surface area contributed by atoms with Crippen LogP contribution in [0.5, 0.6) is 0 Å². The van der Waals surface area contributed by atoms with Gasteiger partial charge in [-0.15, -0.1) is 0 Å². The fourth-order valence-electron chi connectivity index (χ4n) is 2.68. The molecule has 1 fully saturated rings. The molecule has 1 heterocycles. The van der Waals surface area contributed by atoms with Crippen LogP contribution in [0.15, 0.2) is 18.2 Å². The Kier molecular flexibility index (Phi) is 6.04. The summed E-state index contributed by atoms with van der Waals surface area (Å²) in [4.78, 5) is 24.0. The lowest BCUT2D eigenvalue weighted by molar-refractivity contribution is -0.385. The molecule has 1 aromatic rings. The van der Waals surface area contributed by atoms with Crippen LogP contribution < -0.4 is 0 Å². The molecule has 1 aliphatic rings. The van der Waals surface area contributed by atoms with Crippen LogP contribution in [0.2, 0.25) is 0 Å². The summed E-state index contributed by atoms with van der Waals surface area (Å²) >= 11 is 0. The molecule has 1 saturated heterocycles. The Morgan fingerprint density at radius 1 is 1.43 bits per heavy atom. The van der Waals surface area contributed by atoms with Gasteiger partial charge in [0.25, 0.3) is 11.6 Å². The van der Waals surface area contributed by atoms with E-state index in [1.807, 2.05) is 6.92 Å². The van der Waals surface area contributed by atoms with Crippen molar-refractivity contribution in [2.75, 3.05) is 19.7 Å². The van der Waals surface area contributed by atoms with Crippen molar-refractivity contribution in [1.29, 1.82) is 0 Å². The maximum absolute atomic E-state index is 14.0. The fraction of sp³-hybridized carbons (Fsp3) is 0.562. The SMILES string of the molecule is CCCOC1CCCN(C(=O)c2ccc([N+](=O)[O-])cc2F)CC1. The van der Waals surface area contributed by atoms with Gasteiger partial charge in [-0.25, -0.2) is 4.39 Å². The van der Waals surface area contributed by atoms with Crippen molar-refractivity contribution in [3.05, 3.63) is 39.7 Å². The molecule has 0 spiro atoms. The highest BCUT2D eigenvalue weighted by Gasteiger charge is 2.24. The van der Waals surface area contributed by atoms with Gasteiger partial charge in [0.05, 0.1) is 22.7 Å². The summed E-state index contributed by atoms with van der Waals surface area (Å²) in [5.74, 6) is -1.28. The highest BCUT2D eigenvalue weighted by Crippen LogP contribution is 2.21. The number of amides is 1. The zero-order valence-corrected chi connectivity index (χ0v) is 13.2. The highest BCUT2D eigenvalue weighted by molar-refractivity contribution is 5.94. The number of likely N-dealkylation sites (tertiary alicyclic amines) is 1. The molecule has 1 amide bonds. The molecule has 0 N–H and O–H groups in total. The van der Waals surface area contributed by atoms with Crippen LogP contribution in [0, 0.1) is 15.9 Å². The monoisotopic (exact) mass is 324 g/mol. The summed E-state index contributed by atoms with van der Waals surface area (Å²) in [5, 5.41) is 10.6. The Morgan fingerprint density at radius 3 is 2.87 bits per heavy atom. The molecule has 126 valence electrons. The molecule has 6 nitrogen and oxygen atoms in total. The number of ether oxygens (including phenoxy) is 1. The van der Waals surface area contributed by atoms with Gasteiger partial charge in [-0.1, -0.05) is 6.92 Å². The van der Waals surface area contributed by atoms with E-state index >= 15 is 0 Å². The lowest BCUT2D eigenvalue weighted by Gasteiger charge is -2.21. The molecule has 1 aliphatic heterocycles. The maximum atomic E-state index is 14.0. The van der Waals surface area contributed by atoms with Gasteiger partial charge in [-0.05, 0) is 31.7 Å². The zero-order valence-electron chi connectivity index (χ0n) is 13.2. The van der Waals surface area contributed by atoms with E-state index < -0.39 is 16.6 Å². The summed E-state index contributed by atoms with van der Waals surface area (Å²) in [7, 11) is 0. The van der Waals surface area contributed by atoms with Crippen molar-refractivity contribution in [3.63, 3.8) is 0 Å². The summed E-state index contributed by atoms with van der Waals surface area (Å²) < 4.78 is 19.7. The highest BCUT2D eigenvalue weighted by atomic mass is 19.1. The summed E-state index contributed by atoms with van der Waals surface area (Å²) in [6, 6.07) is 3.13. The van der Waals surface area contributed by atoms with Crippen LogP contribution in [0.4, 0.5) is 10.1 Å². The molecule has 7 heteroatoms. The van der Waals surface area contributed by atoms with Crippen molar-refractivity contribution in [2.45, 2.75) is 38.7 Å². The number of hydrogen-bond acceptors (Lipinski definition) is 4. The Labute approximate surface area is 134 Å². The second kappa shape index (κ2) is 8.01. The van der Waals surface area contributed by atoms with E-state index in [1.165, 1.54) is 6.07 Å². The lowest BCUT2D eigenvalue weighted by Crippen LogP contribution is -2.33. The molecule has 1 aromatic carbocycles. The first-order valence-electron chi connectivity index (χ1n) is 7.87. The third kappa shape index (κ3) is 4.48. The van der Waals surface area contributed by atoms with Gasteiger partial charge in [0.2, 0.25) is 0 Å². The average Bonchev–Trinajstić information content (AvgIpc) is 2.77. The van der Waals surface area contributed by atoms with Crippen molar-refractivity contribution in [3.8, 4) is 0 Å². The molecule has 0 radical (unpaired) electrons. The van der Waals surface area contributed by atoms with Gasteiger partial charge in [-0.2, -0.15) is 0 Å². The Hall–Kier alpha value is -2.02. The molecular formula is C16H21FN2O4. The van der Waals surface area contributed by atoms with E-state index in [9.17, 15) is 19.3 Å². The normalized spacial score (nSPS) is 18.5. The Balaban J connectivity index is 2.04. The number of non-ortho nitro benzene ring substituents is 1. The predicted molar refractivity (Wildman–Crippen MR) is 82.8 cm³/mol. The van der Waals surface area contributed by atoms with Crippen molar-refractivity contribution in [1.82, 2.24) is 4.90 Å². The van der Waals surface area contributed by atoms with Crippen LogP contribution in [0.1, 0.15) is 43.0 Å². The third-order valence-electron chi connectivity index (χ3n) is 3.91. The molecule has 2 rings (SSSR count). The minimum Gasteiger partial charge on any atom is -0.378 e. The minimum absolute atomic E-state index is 0.122. The molecule has 0 aliphatic carbocycles. The molecular weight excluding hydrogens is 303 g/mol. The van der Waals surface area contributed by atoms with Gasteiger partial charge >= 0.3 is 0 Å². The van der Waals surface area contributed by atoms with Crippen molar-refractivity contribution >= 4 is 11.6 Å². The van der Waals surface area contributed by atoms with Crippen molar-refractivity contribution < 1.29 is 18.8 Å². The number of benzene rings is 1. The van der Waals surface area contributed by atoms with E-state index in [0.29, 0.717) is 19.7 Å². The average molecular weight is 324 g/mol. The van der Waals surface area contributed by atoms with Gasteiger partial charge in [-0.3, -0.25) is 14.9 Å². The number of hydrogen-bond donors (Lipinski definition) is 0. The van der Waals surface area contributed by atoms with Crippen LogP contribution in [0.3, 0.4) is 0 Å². The van der Waals surface area contributed by atoms with Gasteiger partial charge in [0.15, 0.2) is 0 Å². The third-order valence-corrected chi connectivity index (χ3v) is 3.91. The Bertz CT molecular complexity index is 579. The van der Waals surface area contributed by atoms with Crippen LogP contribution in [0.25, 0.3) is 0 Å². The first-order valence-corrected chi connectivity index (χ1v) is 7.87. The number of carbonyl (C=O) groups is 1. The van der Waals surface area contributed by atoms with Gasteiger partial charge in [0.1, 0.15) is 5.82 Å². The summed E-state index contributed by atoms with van der Waals surface area (Å²) in [6.45, 7) is 3.80. The van der Waals surface area contributed by atoms with Crippen LogP contribution >= 0.6 is 0 Å². The Morgan fingerprint density at radius 2 is 2.22 bits per heavy atom. The van der Waals surface area contributed by atoms with Crippen molar-refractivity contribution in [2.24, 2.45) is 0 Å². The maximum Gasteiger partial charge on any atom is 0.272 e. The summed E-state index contributed by atoms with van der Waals surface area (Å²) in [6.07, 6.45) is 3.49. The number of nitro benzene ring substituents is 1. The number of rotatable bonds is 5. The standard InChI is InChI=1S/C16H21FN2O4/c1-2-10-23-13-4-3-8-18(9-7-13)16(20)14-6-5-12(19(21)22)11-15(14)17/h5-6,11,13H,2-4,7-10H2,1H3. The van der Waals surface area contributed by atoms with E-state index in [0.717, 1.165) is 37.8 Å². The molecule has 0 saturated carbocycles. The molecule has 0 bridgehead atoms. The topological polar surface area (TPSA) is 72.7 Å². The number of halogens is 1. The molecule has 0 aromatic heterocycles. The quantitative estimate of drug-likeness (QED) is 0.616. The number of nitro groups is 1. The first-order chi connectivity index (χ1) is 11.0. The molecule has 1 unspecified atom stereocenters. The molecule has 23 heavy (non-hydrogen) atoms. The molecule has 1 atom stereocenters. The van der Waals surface area contributed by atoms with E-state index in [-0.39, 0.29) is 17.4 Å². The fourth-order valence-corrected chi connectivity index (χ4v) is 2.68. The smallest absolute Gasteiger partial charge is 0.272 e. The van der Waals surface area contributed by atoms with Crippen LogP contribution in [-0.4, -0.2) is 41.5 Å². The number of carbonyl (C=O) groups excluding carboxylic acids is 1. The van der Waals surface area contributed by atoms with Gasteiger partial charge < -0.3 is 9.64 Å². The lowest BCUT2D eigenvalue weighted by atomic mass is 10.1. The second-order valence-electron chi connectivity index (χ2n) is 5.64. The number of nitrogens with zero attached hydrogens (tertiary/aromatic N) is 2. The second-order valence-corrected chi connectivity index (χ2v) is 5.64. The minimum atomic E-state index is -0.854. The van der Waals surface area contributed by atoms with E-state index in [1.54, 1.807) is 4.90 Å². The summed E-state index contributed by atoms with van der Waals surface area (Å²) in [5.41, 5.74) is -0.480. The predicted octanol–water partition coefficient (Wildman–Crippen LogP) is 3.16. The first kappa shape index (κ1) is 17.3. The van der Waals surface area contributed by atoms with E-state index in [2.05, 4.69) is 0 Å². The zero-order chi connectivity index (χ0) is 16.8. The van der Waals surface area contributed by atoms with E-state index in [4.69, 9.17) is 4.74 Å². The van der Waals surface area contributed by atoms with Gasteiger partial charge in [0, 0.05) is 25.8 Å².